The number of hydrogen-bond acceptors (Lipinski definition) is 14. The van der Waals surface area contributed by atoms with Crippen molar-refractivity contribution in [2.24, 2.45) is 67.3 Å². The van der Waals surface area contributed by atoms with E-state index in [-0.39, 0.29) is 95.2 Å². The monoisotopic (exact) mass is 977 g/mol. The van der Waals surface area contributed by atoms with Gasteiger partial charge in [0.05, 0.1) is 12.1 Å². The number of ketones is 2. The minimum Gasteiger partial charge on any atom is -0.370 e. The maximum Gasteiger partial charge on any atom is 0.246 e. The molecule has 0 fully saturated rings. The first kappa shape index (κ1) is 60.5. The van der Waals surface area contributed by atoms with Gasteiger partial charge in [-0.05, 0) is 82.0 Å². The second-order valence-corrected chi connectivity index (χ2v) is 18.1. The molecular weight excluding hydrogens is 893 g/mol. The van der Waals surface area contributed by atoms with Crippen molar-refractivity contribution in [2.45, 2.75) is 165 Å². The van der Waals surface area contributed by atoms with Crippen LogP contribution in [0.15, 0.2) is 70.6 Å². The van der Waals surface area contributed by atoms with Crippen LogP contribution in [0.3, 0.4) is 0 Å². The molecule has 20 N–H and O–H groups in total. The van der Waals surface area contributed by atoms with Gasteiger partial charge in [-0.3, -0.25) is 48.6 Å². The van der Waals surface area contributed by atoms with Gasteiger partial charge in [0.25, 0.3) is 0 Å². The number of amides is 4. The van der Waals surface area contributed by atoms with E-state index in [4.69, 9.17) is 57.3 Å². The van der Waals surface area contributed by atoms with Gasteiger partial charge in [-0.1, -0.05) is 106 Å². The van der Waals surface area contributed by atoms with Gasteiger partial charge in [-0.2, -0.15) is 0 Å². The molecule has 0 bridgehead atoms. The Labute approximate surface area is 414 Å². The van der Waals surface area contributed by atoms with E-state index in [1.165, 1.54) is 0 Å². The molecule has 0 aliphatic heterocycles. The molecule has 4 atom stereocenters. The van der Waals surface area contributed by atoms with Crippen LogP contribution in [0, 0.1) is 0 Å². The minimum atomic E-state index is -1.84. The molecule has 2 aromatic carbocycles. The number of benzene rings is 2. The molecule has 0 aromatic heterocycles. The zero-order valence-electron chi connectivity index (χ0n) is 41.3. The van der Waals surface area contributed by atoms with Gasteiger partial charge in [-0.25, -0.2) is 0 Å². The highest BCUT2D eigenvalue weighted by Crippen LogP contribution is 2.23. The predicted octanol–water partition coefficient (Wildman–Crippen LogP) is 1.20. The molecule has 2 rings (SSSR count). The summed E-state index contributed by atoms with van der Waals surface area (Å²) in [6.07, 6.45) is 9.50. The zero-order chi connectivity index (χ0) is 51.9. The average Bonchev–Trinajstić information content (AvgIpc) is 3.33. The van der Waals surface area contributed by atoms with Crippen molar-refractivity contribution in [3.8, 4) is 0 Å². The number of guanidine groups is 2. The molecule has 0 saturated heterocycles. The Balaban J connectivity index is 2.01. The van der Waals surface area contributed by atoms with Crippen molar-refractivity contribution in [3.05, 3.63) is 71.8 Å². The van der Waals surface area contributed by atoms with E-state index >= 15 is 0 Å². The van der Waals surface area contributed by atoms with Gasteiger partial charge in [-0.15, -0.1) is 0 Å². The molecule has 0 aliphatic carbocycles. The lowest BCUT2D eigenvalue weighted by atomic mass is 9.88. The molecule has 390 valence electrons. The molecular formula is C50H84N14O6. The van der Waals surface area contributed by atoms with Gasteiger partial charge in [0.15, 0.2) is 23.5 Å². The summed E-state index contributed by atoms with van der Waals surface area (Å²) in [6, 6.07) is 13.8. The number of nitrogens with zero attached hydrogens (tertiary/aromatic N) is 4. The van der Waals surface area contributed by atoms with E-state index in [0.717, 1.165) is 60.3 Å². The summed E-state index contributed by atoms with van der Waals surface area (Å²) in [5.41, 5.74) is 58.6. The van der Waals surface area contributed by atoms with Gasteiger partial charge in [0.2, 0.25) is 23.6 Å². The number of carbonyl (C=O) groups is 6. The minimum absolute atomic E-state index is 0.00443. The molecule has 0 spiro atoms. The van der Waals surface area contributed by atoms with Crippen LogP contribution in [0.4, 0.5) is 0 Å². The summed E-state index contributed by atoms with van der Waals surface area (Å²) in [6.45, 7) is 0.962. The summed E-state index contributed by atoms with van der Waals surface area (Å²) in [4.78, 5) is 93.3. The Kier molecular flexibility index (Phi) is 29.2. The van der Waals surface area contributed by atoms with Crippen LogP contribution in [0.5, 0.6) is 0 Å². The van der Waals surface area contributed by atoms with E-state index in [1.807, 2.05) is 36.4 Å². The average molecular weight is 977 g/mol. The Morgan fingerprint density at radius 3 is 1.30 bits per heavy atom. The quantitative estimate of drug-likeness (QED) is 0.0197. The fourth-order valence-electron chi connectivity index (χ4n) is 8.17. The highest BCUT2D eigenvalue weighted by Gasteiger charge is 2.43. The topological polar surface area (TPSA) is 394 Å². The third-order valence-corrected chi connectivity index (χ3v) is 12.1. The number of Topliss-reactive ketones (excluding diaryl/α,β-unsaturated/α-hetero) is 2. The number of aliphatic imine (C=N–C) groups is 2. The zero-order valence-corrected chi connectivity index (χ0v) is 41.3. The lowest BCUT2D eigenvalue weighted by Crippen LogP contribution is -2.65. The fraction of sp³-hybridized carbons (Fsp3) is 0.600. The molecule has 0 heterocycles. The van der Waals surface area contributed by atoms with Crippen LogP contribution in [-0.2, 0) is 41.6 Å². The smallest absolute Gasteiger partial charge is 0.246 e. The Morgan fingerprint density at radius 2 is 0.886 bits per heavy atom. The molecule has 0 saturated carbocycles. The molecule has 70 heavy (non-hydrogen) atoms. The number of imide groups is 2. The lowest BCUT2D eigenvalue weighted by molar-refractivity contribution is -0.154. The number of hydrogen-bond donors (Lipinski definition) is 10. The van der Waals surface area contributed by atoms with E-state index in [2.05, 4.69) is 9.98 Å². The standard InChI is InChI=1S/C50H84N14O6/c51-30-16-27-43(66)63(46(69)38(53)24-18-32-61-48(55)56)40(34-36-20-10-8-11-21-36)42(65)26-14-6-4-2-1-3-5-7-15-29-50(59,60)45(68)41(35-37-22-12-9-13-23-37)64(44(67)28-17-31-52)47(70)39(54)25-19-33-62-49(57)58/h8-13,20-23,38-41H,1-7,14-19,24-35,51-54,59-60H2,(H4,55,56,61)(H4,57,58,62)/t38-,39-,40-,41-/m0/s1. The normalized spacial score (nSPS) is 13.1. The fourth-order valence-corrected chi connectivity index (χ4v) is 8.17. The second kappa shape index (κ2) is 33.8. The Morgan fingerprint density at radius 1 is 0.500 bits per heavy atom. The van der Waals surface area contributed by atoms with E-state index in [1.54, 1.807) is 24.3 Å². The first-order valence-electron chi connectivity index (χ1n) is 24.9. The molecule has 2 aromatic rings. The molecule has 4 amide bonds. The van der Waals surface area contributed by atoms with Crippen LogP contribution in [0.25, 0.3) is 0 Å². The van der Waals surface area contributed by atoms with Gasteiger partial charge in [0.1, 0.15) is 17.7 Å². The van der Waals surface area contributed by atoms with Crippen molar-refractivity contribution in [2.75, 3.05) is 26.2 Å². The Bertz CT molecular complexity index is 1940. The van der Waals surface area contributed by atoms with E-state index in [0.29, 0.717) is 44.1 Å². The third-order valence-electron chi connectivity index (χ3n) is 12.1. The molecule has 20 nitrogen and oxygen atoms in total. The number of unbranched alkanes of at least 4 members (excludes halogenated alkanes) is 8. The van der Waals surface area contributed by atoms with Crippen molar-refractivity contribution in [1.29, 1.82) is 0 Å². The van der Waals surface area contributed by atoms with E-state index < -0.39 is 59.2 Å². The SMILES string of the molecule is NCCCC(=O)N(C(=O)[C@@H](N)CCCN=C(N)N)[C@@H](Cc1ccccc1)C(=O)CCCCCCCCCCCC(N)(N)C(=O)[C@H](Cc1ccccc1)N(C(=O)CCCN)C(=O)[C@@H](N)CCCN=C(N)N. The highest BCUT2D eigenvalue weighted by molar-refractivity contribution is 6.05. The molecule has 0 radical (unpaired) electrons. The van der Waals surface area contributed by atoms with Crippen LogP contribution >= 0.6 is 0 Å². The van der Waals surface area contributed by atoms with E-state index in [9.17, 15) is 28.8 Å². The second-order valence-electron chi connectivity index (χ2n) is 18.1. The molecule has 0 unspecified atom stereocenters. The summed E-state index contributed by atoms with van der Waals surface area (Å²) < 4.78 is 0. The first-order chi connectivity index (χ1) is 33.4. The molecule has 20 heteroatoms. The van der Waals surface area contributed by atoms with Gasteiger partial charge in [0, 0.05) is 45.2 Å². The Hall–Kier alpha value is -5.64. The van der Waals surface area contributed by atoms with Crippen LogP contribution < -0.4 is 57.3 Å². The van der Waals surface area contributed by atoms with Gasteiger partial charge >= 0.3 is 0 Å². The maximum atomic E-state index is 14.3. The largest absolute Gasteiger partial charge is 0.370 e. The number of nitrogens with two attached hydrogens (primary N) is 10. The van der Waals surface area contributed by atoms with Crippen molar-refractivity contribution in [1.82, 2.24) is 9.80 Å². The van der Waals surface area contributed by atoms with Crippen LogP contribution in [-0.4, -0.2) is 113 Å². The lowest BCUT2D eigenvalue weighted by Gasteiger charge is -2.36. The van der Waals surface area contributed by atoms with Crippen LogP contribution in [0.1, 0.15) is 133 Å². The van der Waals surface area contributed by atoms with Crippen LogP contribution in [0.2, 0.25) is 0 Å². The maximum absolute atomic E-state index is 14.3. The summed E-state index contributed by atoms with van der Waals surface area (Å²) in [7, 11) is 0. The highest BCUT2D eigenvalue weighted by atomic mass is 16.2. The summed E-state index contributed by atoms with van der Waals surface area (Å²) in [5, 5.41) is 0. The summed E-state index contributed by atoms with van der Waals surface area (Å²) in [5.74, 6) is -3.40. The predicted molar refractivity (Wildman–Crippen MR) is 276 cm³/mol. The first-order valence-corrected chi connectivity index (χ1v) is 24.9. The van der Waals surface area contributed by atoms with Crippen molar-refractivity contribution >= 4 is 47.1 Å². The summed E-state index contributed by atoms with van der Waals surface area (Å²) >= 11 is 0. The van der Waals surface area contributed by atoms with Crippen molar-refractivity contribution in [3.63, 3.8) is 0 Å². The van der Waals surface area contributed by atoms with Crippen molar-refractivity contribution < 1.29 is 28.8 Å². The number of carbonyl (C=O) groups excluding carboxylic acids is 6. The third kappa shape index (κ3) is 22.9. The number of rotatable bonds is 37. The molecule has 0 aliphatic rings. The van der Waals surface area contributed by atoms with Gasteiger partial charge < -0.3 is 57.3 Å².